The Morgan fingerprint density at radius 3 is 1.68 bits per heavy atom. The Hall–Kier alpha value is -2.82. The van der Waals surface area contributed by atoms with Gasteiger partial charge >= 0.3 is 0 Å². The maximum atomic E-state index is 3.57. The zero-order valence-electron chi connectivity index (χ0n) is 17.1. The lowest BCUT2D eigenvalue weighted by molar-refractivity contribution is 0.179. The molecule has 3 aromatic rings. The Labute approximate surface area is 170 Å². The number of hydrogen-bond acceptors (Lipinski definition) is 1. The molecule has 0 amide bonds. The second kappa shape index (κ2) is 9.93. The highest BCUT2D eigenvalue weighted by Crippen LogP contribution is 2.18. The van der Waals surface area contributed by atoms with E-state index in [1.165, 1.54) is 16.7 Å². The molecule has 0 heterocycles. The molecule has 0 bridgehead atoms. The number of hydrogen-bond donors (Lipinski definition) is 0. The van der Waals surface area contributed by atoms with Gasteiger partial charge in [0.2, 0.25) is 0 Å². The monoisotopic (exact) mass is 367 g/mol. The summed E-state index contributed by atoms with van der Waals surface area (Å²) in [6.07, 6.45) is 0. The maximum absolute atomic E-state index is 3.57. The number of rotatable bonds is 6. The molecule has 28 heavy (non-hydrogen) atoms. The van der Waals surface area contributed by atoms with E-state index < -0.39 is 0 Å². The highest BCUT2D eigenvalue weighted by atomic mass is 15.2. The van der Waals surface area contributed by atoms with Crippen LogP contribution in [0.4, 0.5) is 0 Å². The Bertz CT molecular complexity index is 858. The molecule has 1 heteroatoms. The second-order valence-electron chi connectivity index (χ2n) is 7.70. The fourth-order valence-electron chi connectivity index (χ4n) is 3.36. The standard InChI is InChI=1S/C27H29N/c1-22(2)27(19-18-24-16-14-23(3)15-17-24)28(20-25-10-6-4-7-11-25)21-26-12-8-5-9-13-26/h4-17,22,27H,20-21H2,1-3H3. The molecule has 3 aromatic carbocycles. The Kier molecular flexibility index (Phi) is 7.06. The Morgan fingerprint density at radius 1 is 0.714 bits per heavy atom. The summed E-state index contributed by atoms with van der Waals surface area (Å²) in [6.45, 7) is 8.41. The molecule has 0 spiro atoms. The molecule has 1 unspecified atom stereocenters. The van der Waals surface area contributed by atoms with E-state index in [1.54, 1.807) is 0 Å². The summed E-state index contributed by atoms with van der Waals surface area (Å²) >= 11 is 0. The average Bonchev–Trinajstić information content (AvgIpc) is 2.71. The number of aryl methyl sites for hydroxylation is 1. The van der Waals surface area contributed by atoms with E-state index in [0.29, 0.717) is 5.92 Å². The van der Waals surface area contributed by atoms with Crippen molar-refractivity contribution >= 4 is 0 Å². The summed E-state index contributed by atoms with van der Waals surface area (Å²) in [6, 6.07) is 30.0. The van der Waals surface area contributed by atoms with Gasteiger partial charge in [0.25, 0.3) is 0 Å². The number of nitrogens with zero attached hydrogens (tertiary/aromatic N) is 1. The van der Waals surface area contributed by atoms with Gasteiger partial charge in [-0.3, -0.25) is 4.90 Å². The van der Waals surface area contributed by atoms with Crippen molar-refractivity contribution in [3.05, 3.63) is 107 Å². The van der Waals surface area contributed by atoms with Crippen LogP contribution in [0.3, 0.4) is 0 Å². The molecule has 0 saturated carbocycles. The first-order chi connectivity index (χ1) is 13.6. The van der Waals surface area contributed by atoms with E-state index in [2.05, 4.69) is 122 Å². The first-order valence-corrected chi connectivity index (χ1v) is 10.0. The van der Waals surface area contributed by atoms with E-state index in [1.807, 2.05) is 0 Å². The molecule has 0 aliphatic rings. The molecular weight excluding hydrogens is 338 g/mol. The number of benzene rings is 3. The lowest BCUT2D eigenvalue weighted by Gasteiger charge is -2.31. The first kappa shape index (κ1) is 19.9. The fraction of sp³-hybridized carbons (Fsp3) is 0.259. The topological polar surface area (TPSA) is 3.24 Å². The van der Waals surface area contributed by atoms with Gasteiger partial charge < -0.3 is 0 Å². The van der Waals surface area contributed by atoms with E-state index in [-0.39, 0.29) is 6.04 Å². The van der Waals surface area contributed by atoms with Crippen LogP contribution in [0, 0.1) is 24.7 Å². The lowest BCUT2D eigenvalue weighted by atomic mass is 10.00. The van der Waals surface area contributed by atoms with Crippen LogP contribution in [0.25, 0.3) is 0 Å². The molecular formula is C27H29N. The lowest BCUT2D eigenvalue weighted by Crippen LogP contribution is -2.37. The predicted octanol–water partition coefficient (Wildman–Crippen LogP) is 6.07. The average molecular weight is 368 g/mol. The predicted molar refractivity (Wildman–Crippen MR) is 119 cm³/mol. The quantitative estimate of drug-likeness (QED) is 0.478. The molecule has 0 aromatic heterocycles. The molecule has 0 aliphatic heterocycles. The van der Waals surface area contributed by atoms with Crippen LogP contribution in [0.2, 0.25) is 0 Å². The van der Waals surface area contributed by atoms with E-state index in [4.69, 9.17) is 0 Å². The normalized spacial score (nSPS) is 11.9. The summed E-state index contributed by atoms with van der Waals surface area (Å²) in [4.78, 5) is 2.50. The molecule has 0 fully saturated rings. The molecule has 0 N–H and O–H groups in total. The van der Waals surface area contributed by atoms with Crippen molar-refractivity contribution in [1.29, 1.82) is 0 Å². The minimum atomic E-state index is 0.182. The van der Waals surface area contributed by atoms with Crippen LogP contribution in [0.15, 0.2) is 84.9 Å². The van der Waals surface area contributed by atoms with E-state index in [0.717, 1.165) is 18.7 Å². The van der Waals surface area contributed by atoms with Crippen molar-refractivity contribution in [3.8, 4) is 11.8 Å². The van der Waals surface area contributed by atoms with Crippen molar-refractivity contribution in [3.63, 3.8) is 0 Å². The Balaban J connectivity index is 1.88. The van der Waals surface area contributed by atoms with Crippen LogP contribution in [0.1, 0.15) is 36.1 Å². The SMILES string of the molecule is Cc1ccc(C#CC(C(C)C)N(Cc2ccccc2)Cc2ccccc2)cc1. The first-order valence-electron chi connectivity index (χ1n) is 10.0. The third kappa shape index (κ3) is 5.84. The van der Waals surface area contributed by atoms with Crippen LogP contribution in [0.5, 0.6) is 0 Å². The van der Waals surface area contributed by atoms with E-state index in [9.17, 15) is 0 Å². The summed E-state index contributed by atoms with van der Waals surface area (Å²) in [5.74, 6) is 7.42. The van der Waals surface area contributed by atoms with Gasteiger partial charge in [-0.1, -0.05) is 104 Å². The summed E-state index contributed by atoms with van der Waals surface area (Å²) in [7, 11) is 0. The van der Waals surface area contributed by atoms with Crippen molar-refractivity contribution in [1.82, 2.24) is 4.90 Å². The van der Waals surface area contributed by atoms with Gasteiger partial charge in [0.05, 0.1) is 6.04 Å². The van der Waals surface area contributed by atoms with Gasteiger partial charge in [0, 0.05) is 18.7 Å². The van der Waals surface area contributed by atoms with Gasteiger partial charge in [0.1, 0.15) is 0 Å². The van der Waals surface area contributed by atoms with Crippen LogP contribution in [-0.4, -0.2) is 10.9 Å². The maximum Gasteiger partial charge on any atom is 0.0747 e. The molecule has 142 valence electrons. The zero-order chi connectivity index (χ0) is 19.8. The van der Waals surface area contributed by atoms with Crippen molar-refractivity contribution in [2.45, 2.75) is 39.9 Å². The second-order valence-corrected chi connectivity index (χ2v) is 7.70. The van der Waals surface area contributed by atoms with Gasteiger partial charge in [-0.05, 0) is 36.1 Å². The largest absolute Gasteiger partial charge is 0.281 e. The molecule has 0 radical (unpaired) electrons. The molecule has 1 nitrogen and oxygen atoms in total. The van der Waals surface area contributed by atoms with Gasteiger partial charge in [-0.25, -0.2) is 0 Å². The minimum Gasteiger partial charge on any atom is -0.281 e. The highest BCUT2D eigenvalue weighted by Gasteiger charge is 2.20. The van der Waals surface area contributed by atoms with Crippen molar-refractivity contribution in [2.24, 2.45) is 5.92 Å². The van der Waals surface area contributed by atoms with Crippen molar-refractivity contribution in [2.75, 3.05) is 0 Å². The highest BCUT2D eigenvalue weighted by molar-refractivity contribution is 5.37. The third-order valence-corrected chi connectivity index (χ3v) is 4.90. The molecule has 3 rings (SSSR count). The Morgan fingerprint density at radius 2 is 1.21 bits per heavy atom. The van der Waals surface area contributed by atoms with E-state index >= 15 is 0 Å². The fourth-order valence-corrected chi connectivity index (χ4v) is 3.36. The zero-order valence-corrected chi connectivity index (χ0v) is 17.1. The summed E-state index contributed by atoms with van der Waals surface area (Å²) < 4.78 is 0. The van der Waals surface area contributed by atoms with Crippen LogP contribution >= 0.6 is 0 Å². The summed E-state index contributed by atoms with van der Waals surface area (Å²) in [5.41, 5.74) is 4.98. The molecule has 0 aliphatic carbocycles. The minimum absolute atomic E-state index is 0.182. The molecule has 0 saturated heterocycles. The van der Waals surface area contributed by atoms with Gasteiger partial charge in [-0.2, -0.15) is 0 Å². The van der Waals surface area contributed by atoms with Crippen LogP contribution in [-0.2, 0) is 13.1 Å². The van der Waals surface area contributed by atoms with Crippen molar-refractivity contribution < 1.29 is 0 Å². The summed E-state index contributed by atoms with van der Waals surface area (Å²) in [5, 5.41) is 0. The smallest absolute Gasteiger partial charge is 0.0747 e. The van der Waals surface area contributed by atoms with Gasteiger partial charge in [0.15, 0.2) is 0 Å². The van der Waals surface area contributed by atoms with Crippen LogP contribution < -0.4 is 0 Å². The molecule has 1 atom stereocenters. The third-order valence-electron chi connectivity index (χ3n) is 4.90. The van der Waals surface area contributed by atoms with Gasteiger partial charge in [-0.15, -0.1) is 0 Å².